The van der Waals surface area contributed by atoms with Crippen molar-refractivity contribution < 1.29 is 13.5 Å². The summed E-state index contributed by atoms with van der Waals surface area (Å²) in [6.07, 6.45) is 0. The van der Waals surface area contributed by atoms with Crippen molar-refractivity contribution in [1.82, 2.24) is 4.31 Å². The zero-order valence-corrected chi connectivity index (χ0v) is 12.7. The Balaban J connectivity index is 2.41. The van der Waals surface area contributed by atoms with E-state index in [4.69, 9.17) is 0 Å². The standard InChI is InChI=1S/C15H19NO3S/c1-15(2,17)11-16(3)20(18,19)14-9-8-12-6-4-5-7-13(12)10-14/h4-10,17H,11H2,1-3H3. The Bertz CT molecular complexity index is 717. The summed E-state index contributed by atoms with van der Waals surface area (Å²) in [6.45, 7) is 3.21. The molecule has 0 aliphatic rings. The van der Waals surface area contributed by atoms with Gasteiger partial charge >= 0.3 is 0 Å². The largest absolute Gasteiger partial charge is 0.389 e. The number of likely N-dealkylation sites (N-methyl/N-ethyl adjacent to an activating group) is 1. The van der Waals surface area contributed by atoms with Crippen LogP contribution >= 0.6 is 0 Å². The molecule has 0 aromatic heterocycles. The van der Waals surface area contributed by atoms with Gasteiger partial charge in [-0.1, -0.05) is 30.3 Å². The Morgan fingerprint density at radius 1 is 1.10 bits per heavy atom. The van der Waals surface area contributed by atoms with Crippen LogP contribution in [0.2, 0.25) is 0 Å². The molecule has 20 heavy (non-hydrogen) atoms. The van der Waals surface area contributed by atoms with Gasteiger partial charge in [0, 0.05) is 13.6 Å². The molecule has 0 saturated heterocycles. The van der Waals surface area contributed by atoms with Gasteiger partial charge in [-0.05, 0) is 36.8 Å². The molecule has 0 spiro atoms. The molecule has 0 fully saturated rings. The van der Waals surface area contributed by atoms with Gasteiger partial charge in [0.25, 0.3) is 0 Å². The molecule has 2 rings (SSSR count). The minimum atomic E-state index is -3.59. The molecule has 0 saturated carbocycles. The zero-order valence-electron chi connectivity index (χ0n) is 11.9. The topological polar surface area (TPSA) is 57.6 Å². The molecule has 0 bridgehead atoms. The second kappa shape index (κ2) is 5.16. The summed E-state index contributed by atoms with van der Waals surface area (Å²) in [5, 5.41) is 11.6. The van der Waals surface area contributed by atoms with Crippen molar-refractivity contribution >= 4 is 20.8 Å². The molecule has 0 unspecified atom stereocenters. The molecular weight excluding hydrogens is 274 g/mol. The molecule has 0 heterocycles. The second-order valence-corrected chi connectivity index (χ2v) is 7.63. The van der Waals surface area contributed by atoms with E-state index in [1.54, 1.807) is 32.0 Å². The Kier molecular flexibility index (Phi) is 3.86. The van der Waals surface area contributed by atoms with Crippen LogP contribution in [0, 0.1) is 0 Å². The van der Waals surface area contributed by atoms with Gasteiger partial charge in [0.05, 0.1) is 10.5 Å². The second-order valence-electron chi connectivity index (χ2n) is 5.58. The fourth-order valence-electron chi connectivity index (χ4n) is 2.14. The number of hydrogen-bond acceptors (Lipinski definition) is 3. The van der Waals surface area contributed by atoms with Crippen molar-refractivity contribution in [3.05, 3.63) is 42.5 Å². The molecule has 0 atom stereocenters. The van der Waals surface area contributed by atoms with Crippen LogP contribution in [-0.4, -0.2) is 37.0 Å². The van der Waals surface area contributed by atoms with Gasteiger partial charge in [-0.15, -0.1) is 0 Å². The summed E-state index contributed by atoms with van der Waals surface area (Å²) in [4.78, 5) is 0.239. The SMILES string of the molecule is CN(CC(C)(C)O)S(=O)(=O)c1ccc2ccccc2c1. The van der Waals surface area contributed by atoms with Gasteiger partial charge in [0.1, 0.15) is 0 Å². The van der Waals surface area contributed by atoms with E-state index in [1.807, 2.05) is 24.3 Å². The van der Waals surface area contributed by atoms with E-state index in [0.717, 1.165) is 10.8 Å². The maximum absolute atomic E-state index is 12.5. The zero-order chi connectivity index (χ0) is 15.0. The van der Waals surface area contributed by atoms with Crippen LogP contribution in [0.3, 0.4) is 0 Å². The van der Waals surface area contributed by atoms with E-state index in [-0.39, 0.29) is 11.4 Å². The monoisotopic (exact) mass is 293 g/mol. The Labute approximate surface area is 119 Å². The smallest absolute Gasteiger partial charge is 0.242 e. The van der Waals surface area contributed by atoms with Crippen LogP contribution in [0.15, 0.2) is 47.4 Å². The molecule has 108 valence electrons. The maximum Gasteiger partial charge on any atom is 0.242 e. The minimum absolute atomic E-state index is 0.0438. The highest BCUT2D eigenvalue weighted by Gasteiger charge is 2.26. The Morgan fingerprint density at radius 3 is 2.30 bits per heavy atom. The van der Waals surface area contributed by atoms with Crippen LogP contribution < -0.4 is 0 Å². The highest BCUT2D eigenvalue weighted by atomic mass is 32.2. The molecule has 4 nitrogen and oxygen atoms in total. The predicted molar refractivity (Wildman–Crippen MR) is 80.1 cm³/mol. The number of rotatable bonds is 4. The Hall–Kier alpha value is -1.43. The van der Waals surface area contributed by atoms with Crippen LogP contribution in [0.5, 0.6) is 0 Å². The number of hydrogen-bond donors (Lipinski definition) is 1. The molecule has 0 amide bonds. The number of aliphatic hydroxyl groups is 1. The fraction of sp³-hybridized carbons (Fsp3) is 0.333. The lowest BCUT2D eigenvalue weighted by molar-refractivity contribution is 0.0640. The third-order valence-electron chi connectivity index (χ3n) is 3.04. The van der Waals surface area contributed by atoms with Crippen molar-refractivity contribution in [2.45, 2.75) is 24.3 Å². The van der Waals surface area contributed by atoms with Gasteiger partial charge in [0.15, 0.2) is 0 Å². The first kappa shape index (κ1) is 15.0. The van der Waals surface area contributed by atoms with E-state index in [2.05, 4.69) is 0 Å². The van der Waals surface area contributed by atoms with E-state index >= 15 is 0 Å². The summed E-state index contributed by atoms with van der Waals surface area (Å²) in [7, 11) is -2.12. The first-order valence-electron chi connectivity index (χ1n) is 6.38. The molecule has 5 heteroatoms. The molecule has 0 aliphatic carbocycles. The highest BCUT2D eigenvalue weighted by molar-refractivity contribution is 7.89. The van der Waals surface area contributed by atoms with Crippen molar-refractivity contribution in [3.63, 3.8) is 0 Å². The van der Waals surface area contributed by atoms with Crippen LogP contribution in [0.25, 0.3) is 10.8 Å². The molecule has 0 radical (unpaired) electrons. The van der Waals surface area contributed by atoms with E-state index in [1.165, 1.54) is 11.4 Å². The highest BCUT2D eigenvalue weighted by Crippen LogP contribution is 2.22. The third kappa shape index (κ3) is 3.17. The normalized spacial score (nSPS) is 13.1. The van der Waals surface area contributed by atoms with Crippen molar-refractivity contribution in [2.75, 3.05) is 13.6 Å². The van der Waals surface area contributed by atoms with Crippen LogP contribution in [0.1, 0.15) is 13.8 Å². The van der Waals surface area contributed by atoms with Crippen molar-refractivity contribution in [1.29, 1.82) is 0 Å². The molecule has 0 aliphatic heterocycles. The summed E-state index contributed by atoms with van der Waals surface area (Å²) < 4.78 is 26.1. The first-order chi connectivity index (χ1) is 9.20. The predicted octanol–water partition coefficient (Wildman–Crippen LogP) is 2.23. The quantitative estimate of drug-likeness (QED) is 0.940. The molecule has 1 N–H and O–H groups in total. The number of sulfonamides is 1. The summed E-state index contributed by atoms with van der Waals surface area (Å²) in [5.74, 6) is 0. The van der Waals surface area contributed by atoms with Gasteiger partial charge < -0.3 is 5.11 Å². The lowest BCUT2D eigenvalue weighted by Crippen LogP contribution is -2.39. The third-order valence-corrected chi connectivity index (χ3v) is 4.84. The number of nitrogens with zero attached hydrogens (tertiary/aromatic N) is 1. The summed E-state index contributed by atoms with van der Waals surface area (Å²) >= 11 is 0. The van der Waals surface area contributed by atoms with E-state index < -0.39 is 15.6 Å². The average Bonchev–Trinajstić information content (AvgIpc) is 2.36. The summed E-state index contributed by atoms with van der Waals surface area (Å²) in [6, 6.07) is 12.6. The number of fused-ring (bicyclic) bond motifs is 1. The van der Waals surface area contributed by atoms with Gasteiger partial charge in [-0.2, -0.15) is 4.31 Å². The van der Waals surface area contributed by atoms with Crippen LogP contribution in [-0.2, 0) is 10.0 Å². The van der Waals surface area contributed by atoms with Gasteiger partial charge in [-0.3, -0.25) is 0 Å². The van der Waals surface area contributed by atoms with Crippen molar-refractivity contribution in [3.8, 4) is 0 Å². The maximum atomic E-state index is 12.5. The average molecular weight is 293 g/mol. The lowest BCUT2D eigenvalue weighted by atomic mass is 10.1. The lowest BCUT2D eigenvalue weighted by Gasteiger charge is -2.25. The summed E-state index contributed by atoms with van der Waals surface area (Å²) in [5.41, 5.74) is -1.07. The molecular formula is C15H19NO3S. The van der Waals surface area contributed by atoms with Crippen LogP contribution in [0.4, 0.5) is 0 Å². The Morgan fingerprint density at radius 2 is 1.70 bits per heavy atom. The fourth-order valence-corrected chi connectivity index (χ4v) is 3.50. The first-order valence-corrected chi connectivity index (χ1v) is 7.82. The molecule has 2 aromatic rings. The van der Waals surface area contributed by atoms with E-state index in [0.29, 0.717) is 0 Å². The van der Waals surface area contributed by atoms with E-state index in [9.17, 15) is 13.5 Å². The van der Waals surface area contributed by atoms with Gasteiger partial charge in [-0.25, -0.2) is 8.42 Å². The van der Waals surface area contributed by atoms with Gasteiger partial charge in [0.2, 0.25) is 10.0 Å². The number of benzene rings is 2. The molecule has 2 aromatic carbocycles. The van der Waals surface area contributed by atoms with Crippen molar-refractivity contribution in [2.24, 2.45) is 0 Å². The minimum Gasteiger partial charge on any atom is -0.389 e.